The first-order valence-corrected chi connectivity index (χ1v) is 9.34. The predicted molar refractivity (Wildman–Crippen MR) is 85.1 cm³/mol. The van der Waals surface area contributed by atoms with E-state index in [1.165, 1.54) is 0 Å². The molecule has 2 aliphatic rings. The molecule has 21 heavy (non-hydrogen) atoms. The molecule has 0 aliphatic carbocycles. The summed E-state index contributed by atoms with van der Waals surface area (Å²) in [5.74, 6) is 0. The largest absolute Gasteiger partial charge is 0.385 e. The quantitative estimate of drug-likeness (QED) is 0.913. The van der Waals surface area contributed by atoms with Gasteiger partial charge in [-0.05, 0) is 63.3 Å². The van der Waals surface area contributed by atoms with Crippen LogP contribution in [0.5, 0.6) is 0 Å². The van der Waals surface area contributed by atoms with E-state index in [0.29, 0.717) is 4.90 Å². The molecule has 0 unspecified atom stereocenters. The molecule has 0 saturated carbocycles. The van der Waals surface area contributed by atoms with Crippen molar-refractivity contribution in [2.75, 3.05) is 11.9 Å². The van der Waals surface area contributed by atoms with Crippen molar-refractivity contribution in [1.82, 2.24) is 4.31 Å². The van der Waals surface area contributed by atoms with Crippen molar-refractivity contribution in [3.05, 3.63) is 23.8 Å². The van der Waals surface area contributed by atoms with Gasteiger partial charge in [-0.2, -0.15) is 4.31 Å². The fourth-order valence-corrected chi connectivity index (χ4v) is 5.54. The number of sulfonamides is 1. The molecule has 0 bridgehead atoms. The Morgan fingerprint density at radius 3 is 2.57 bits per heavy atom. The first-order chi connectivity index (χ1) is 10.00. The van der Waals surface area contributed by atoms with E-state index in [-0.39, 0.29) is 12.1 Å². The lowest BCUT2D eigenvalue weighted by molar-refractivity contribution is 0.204. The van der Waals surface area contributed by atoms with Gasteiger partial charge in [0.2, 0.25) is 10.0 Å². The summed E-state index contributed by atoms with van der Waals surface area (Å²) in [6.07, 6.45) is 5.04. The number of nitrogens with one attached hydrogen (secondary N) is 1. The number of rotatable bonds is 2. The summed E-state index contributed by atoms with van der Waals surface area (Å²) < 4.78 is 27.7. The minimum absolute atomic E-state index is 0.0907. The fourth-order valence-electron chi connectivity index (χ4n) is 3.60. The van der Waals surface area contributed by atoms with Crippen LogP contribution in [0.4, 0.5) is 5.69 Å². The van der Waals surface area contributed by atoms with Crippen molar-refractivity contribution in [2.24, 2.45) is 0 Å². The summed E-state index contributed by atoms with van der Waals surface area (Å²) in [4.78, 5) is 0.450. The number of hydrogen-bond donors (Lipinski definition) is 1. The maximum Gasteiger partial charge on any atom is 0.243 e. The molecule has 2 aliphatic heterocycles. The van der Waals surface area contributed by atoms with Crippen LogP contribution in [0.25, 0.3) is 0 Å². The van der Waals surface area contributed by atoms with E-state index < -0.39 is 10.0 Å². The van der Waals surface area contributed by atoms with Crippen molar-refractivity contribution < 1.29 is 8.42 Å². The van der Waals surface area contributed by atoms with Crippen molar-refractivity contribution in [1.29, 1.82) is 0 Å². The zero-order chi connectivity index (χ0) is 15.0. The number of piperidine rings is 1. The molecular formula is C16H24N2O2S. The summed E-state index contributed by atoms with van der Waals surface area (Å²) in [6, 6.07) is 5.72. The molecule has 2 heterocycles. The maximum atomic E-state index is 13.0. The highest BCUT2D eigenvalue weighted by Crippen LogP contribution is 2.32. The van der Waals surface area contributed by atoms with E-state index >= 15 is 0 Å². The van der Waals surface area contributed by atoms with Crippen LogP contribution in [0.3, 0.4) is 0 Å². The van der Waals surface area contributed by atoms with Crippen LogP contribution in [-0.4, -0.2) is 31.4 Å². The van der Waals surface area contributed by atoms with Gasteiger partial charge >= 0.3 is 0 Å². The van der Waals surface area contributed by atoms with Gasteiger partial charge in [-0.3, -0.25) is 0 Å². The van der Waals surface area contributed by atoms with Crippen LogP contribution < -0.4 is 5.32 Å². The van der Waals surface area contributed by atoms with Crippen LogP contribution in [-0.2, 0) is 16.4 Å². The van der Waals surface area contributed by atoms with Crippen LogP contribution in [0, 0.1) is 0 Å². The number of anilines is 1. The van der Waals surface area contributed by atoms with E-state index in [2.05, 4.69) is 5.32 Å². The van der Waals surface area contributed by atoms with E-state index in [1.807, 2.05) is 26.0 Å². The topological polar surface area (TPSA) is 49.4 Å². The zero-order valence-electron chi connectivity index (χ0n) is 12.8. The van der Waals surface area contributed by atoms with Crippen LogP contribution in [0.2, 0.25) is 0 Å². The third kappa shape index (κ3) is 2.69. The molecule has 1 aromatic carbocycles. The Labute approximate surface area is 127 Å². The number of aryl methyl sites for hydroxylation is 1. The lowest BCUT2D eigenvalue weighted by Gasteiger charge is -2.37. The van der Waals surface area contributed by atoms with Gasteiger partial charge in [0.1, 0.15) is 0 Å². The highest BCUT2D eigenvalue weighted by molar-refractivity contribution is 7.89. The molecule has 4 nitrogen and oxygen atoms in total. The highest BCUT2D eigenvalue weighted by atomic mass is 32.2. The molecule has 1 N–H and O–H groups in total. The lowest BCUT2D eigenvalue weighted by Crippen LogP contribution is -2.47. The van der Waals surface area contributed by atoms with Crippen LogP contribution in [0.1, 0.15) is 45.1 Å². The minimum atomic E-state index is -3.39. The summed E-state index contributed by atoms with van der Waals surface area (Å²) >= 11 is 0. The van der Waals surface area contributed by atoms with Gasteiger partial charge < -0.3 is 5.32 Å². The second kappa shape index (κ2) is 5.61. The first-order valence-electron chi connectivity index (χ1n) is 7.90. The molecule has 3 rings (SSSR count). The van der Waals surface area contributed by atoms with Gasteiger partial charge in [0.05, 0.1) is 4.90 Å². The molecule has 1 saturated heterocycles. The predicted octanol–water partition coefficient (Wildman–Crippen LogP) is 3.00. The Balaban J connectivity index is 1.97. The molecule has 0 radical (unpaired) electrons. The molecule has 1 fully saturated rings. The maximum absolute atomic E-state index is 13.0. The number of hydrogen-bond acceptors (Lipinski definition) is 3. The molecule has 2 atom stereocenters. The fraction of sp³-hybridized carbons (Fsp3) is 0.625. The molecule has 5 heteroatoms. The Bertz CT molecular complexity index is 617. The van der Waals surface area contributed by atoms with Gasteiger partial charge in [0, 0.05) is 24.3 Å². The van der Waals surface area contributed by atoms with Gasteiger partial charge in [-0.25, -0.2) is 8.42 Å². The van der Waals surface area contributed by atoms with Crippen molar-refractivity contribution >= 4 is 15.7 Å². The second-order valence-electron chi connectivity index (χ2n) is 6.31. The molecule has 1 aromatic rings. The van der Waals surface area contributed by atoms with Gasteiger partial charge in [-0.15, -0.1) is 0 Å². The summed E-state index contributed by atoms with van der Waals surface area (Å²) in [5.41, 5.74) is 2.21. The highest BCUT2D eigenvalue weighted by Gasteiger charge is 2.35. The molecule has 116 valence electrons. The van der Waals surface area contributed by atoms with E-state index in [9.17, 15) is 8.42 Å². The van der Waals surface area contributed by atoms with Crippen LogP contribution in [0.15, 0.2) is 23.1 Å². The summed E-state index contributed by atoms with van der Waals surface area (Å²) in [6.45, 7) is 5.01. The van der Waals surface area contributed by atoms with Gasteiger partial charge in [-0.1, -0.05) is 6.42 Å². The lowest BCUT2D eigenvalue weighted by atomic mass is 10.0. The smallest absolute Gasteiger partial charge is 0.243 e. The summed E-state index contributed by atoms with van der Waals surface area (Å²) in [5, 5.41) is 3.33. The third-order valence-corrected chi connectivity index (χ3v) is 6.83. The number of benzene rings is 1. The van der Waals surface area contributed by atoms with E-state index in [0.717, 1.165) is 49.9 Å². The van der Waals surface area contributed by atoms with E-state index in [1.54, 1.807) is 10.4 Å². The molecule has 0 aromatic heterocycles. The first kappa shape index (κ1) is 14.9. The molecule has 0 amide bonds. The Morgan fingerprint density at radius 1 is 1.14 bits per heavy atom. The van der Waals surface area contributed by atoms with Crippen molar-refractivity contribution in [3.63, 3.8) is 0 Å². The van der Waals surface area contributed by atoms with Gasteiger partial charge in [0.15, 0.2) is 0 Å². The Hall–Kier alpha value is -1.07. The average Bonchev–Trinajstić information content (AvgIpc) is 2.46. The molecule has 0 spiro atoms. The third-order valence-electron chi connectivity index (χ3n) is 4.70. The standard InChI is InChI=1S/C16H24N2O2S/c1-12-5-3-6-13(2)18(12)21(19,20)15-8-9-16-14(11-15)7-4-10-17-16/h8-9,11-13,17H,3-7,10H2,1-2H3/t12-,13+. The second-order valence-corrected chi connectivity index (χ2v) is 8.16. The molecular weight excluding hydrogens is 284 g/mol. The van der Waals surface area contributed by atoms with Gasteiger partial charge in [0.25, 0.3) is 0 Å². The van der Waals surface area contributed by atoms with Crippen LogP contribution >= 0.6 is 0 Å². The normalized spacial score (nSPS) is 27.0. The average molecular weight is 308 g/mol. The SMILES string of the molecule is C[C@@H]1CCC[C@H](C)N1S(=O)(=O)c1ccc2c(c1)CCCN2. The number of nitrogens with zero attached hydrogens (tertiary/aromatic N) is 1. The van der Waals surface area contributed by atoms with Crippen molar-refractivity contribution in [3.8, 4) is 0 Å². The van der Waals surface area contributed by atoms with Crippen molar-refractivity contribution in [2.45, 2.75) is 62.9 Å². The van der Waals surface area contributed by atoms with E-state index in [4.69, 9.17) is 0 Å². The summed E-state index contributed by atoms with van der Waals surface area (Å²) in [7, 11) is -3.39. The zero-order valence-corrected chi connectivity index (χ0v) is 13.6. The number of fused-ring (bicyclic) bond motifs is 1. The monoisotopic (exact) mass is 308 g/mol. The Kier molecular flexibility index (Phi) is 3.97. The Morgan fingerprint density at radius 2 is 1.86 bits per heavy atom. The minimum Gasteiger partial charge on any atom is -0.385 e.